The zero-order valence-corrected chi connectivity index (χ0v) is 7.51. The van der Waals surface area contributed by atoms with Gasteiger partial charge in [0.15, 0.2) is 5.78 Å². The molecule has 1 saturated carbocycles. The van der Waals surface area contributed by atoms with Crippen LogP contribution in [0.25, 0.3) is 0 Å². The van der Waals surface area contributed by atoms with E-state index in [4.69, 9.17) is 9.84 Å². The molecule has 0 heterocycles. The minimum absolute atomic E-state index is 0.272. The second-order valence-electron chi connectivity index (χ2n) is 3.16. The first-order valence-electron chi connectivity index (χ1n) is 4.29. The van der Waals surface area contributed by atoms with E-state index in [0.717, 1.165) is 0 Å². The van der Waals surface area contributed by atoms with E-state index >= 15 is 0 Å². The Balaban J connectivity index is 2.40. The van der Waals surface area contributed by atoms with E-state index in [9.17, 15) is 9.90 Å². The Kier molecular flexibility index (Phi) is 3.45. The first-order valence-corrected chi connectivity index (χ1v) is 4.29. The number of carbonyl (C=O) groups is 1. The van der Waals surface area contributed by atoms with Gasteiger partial charge in [-0.25, -0.2) is 0 Å². The van der Waals surface area contributed by atoms with Gasteiger partial charge in [-0.1, -0.05) is 6.08 Å². The summed E-state index contributed by atoms with van der Waals surface area (Å²) in [6, 6.07) is 0. The van der Waals surface area contributed by atoms with Gasteiger partial charge < -0.3 is 14.9 Å². The van der Waals surface area contributed by atoms with E-state index in [2.05, 4.69) is 0 Å². The summed E-state index contributed by atoms with van der Waals surface area (Å²) in [6.45, 7) is 2.08. The third-order valence-corrected chi connectivity index (χ3v) is 2.14. The zero-order valence-electron chi connectivity index (χ0n) is 7.51. The second-order valence-corrected chi connectivity index (χ2v) is 3.16. The maximum absolute atomic E-state index is 11.0. The molecule has 1 aliphatic carbocycles. The summed E-state index contributed by atoms with van der Waals surface area (Å²) in [5.74, 6) is -0.771. The van der Waals surface area contributed by atoms with Gasteiger partial charge in [0.05, 0.1) is 12.9 Å². The van der Waals surface area contributed by atoms with Crippen LogP contribution in [0.5, 0.6) is 0 Å². The number of aliphatic hydroxyl groups excluding tert-OH is 2. The van der Waals surface area contributed by atoms with Gasteiger partial charge in [-0.15, -0.1) is 0 Å². The van der Waals surface area contributed by atoms with Crippen LogP contribution in [0.2, 0.25) is 0 Å². The Morgan fingerprint density at radius 2 is 2.31 bits per heavy atom. The number of allylic oxidation sites excluding steroid dienone is 1. The van der Waals surface area contributed by atoms with Gasteiger partial charge in [0.1, 0.15) is 12.2 Å². The first-order chi connectivity index (χ1) is 6.16. The SMILES string of the molecule is C/C=C/OCC1CC(O)C(=O)C1O. The molecule has 0 aromatic rings. The molecular weight excluding hydrogens is 172 g/mol. The van der Waals surface area contributed by atoms with Crippen LogP contribution in [0.4, 0.5) is 0 Å². The lowest BCUT2D eigenvalue weighted by Crippen LogP contribution is -2.26. The minimum Gasteiger partial charge on any atom is -0.501 e. The number of aliphatic hydroxyl groups is 2. The number of carbonyl (C=O) groups excluding carboxylic acids is 1. The normalized spacial score (nSPS) is 34.4. The highest BCUT2D eigenvalue weighted by Gasteiger charge is 2.40. The van der Waals surface area contributed by atoms with Gasteiger partial charge >= 0.3 is 0 Å². The molecule has 3 unspecified atom stereocenters. The lowest BCUT2D eigenvalue weighted by atomic mass is 10.1. The molecule has 0 aromatic heterocycles. The fraction of sp³-hybridized carbons (Fsp3) is 0.667. The van der Waals surface area contributed by atoms with Crippen molar-refractivity contribution in [2.24, 2.45) is 5.92 Å². The topological polar surface area (TPSA) is 66.8 Å². The van der Waals surface area contributed by atoms with Crippen molar-refractivity contribution in [1.82, 2.24) is 0 Å². The fourth-order valence-electron chi connectivity index (χ4n) is 1.40. The third kappa shape index (κ3) is 2.29. The van der Waals surface area contributed by atoms with Gasteiger partial charge in [-0.05, 0) is 13.3 Å². The van der Waals surface area contributed by atoms with Crippen molar-refractivity contribution in [2.45, 2.75) is 25.6 Å². The molecule has 2 N–H and O–H groups in total. The lowest BCUT2D eigenvalue weighted by Gasteiger charge is -2.11. The van der Waals surface area contributed by atoms with Crippen LogP contribution < -0.4 is 0 Å². The minimum atomic E-state index is -1.07. The summed E-state index contributed by atoms with van der Waals surface area (Å²) in [4.78, 5) is 11.0. The monoisotopic (exact) mass is 186 g/mol. The number of ether oxygens (including phenoxy) is 1. The zero-order chi connectivity index (χ0) is 9.84. The van der Waals surface area contributed by atoms with Crippen molar-refractivity contribution in [3.8, 4) is 0 Å². The van der Waals surface area contributed by atoms with E-state index in [1.807, 2.05) is 6.92 Å². The number of Topliss-reactive ketones (excluding diaryl/α,β-unsaturated/α-hetero) is 1. The molecule has 0 aromatic carbocycles. The number of hydrogen-bond acceptors (Lipinski definition) is 4. The molecule has 3 atom stereocenters. The Labute approximate surface area is 76.8 Å². The van der Waals surface area contributed by atoms with Gasteiger partial charge in [0, 0.05) is 5.92 Å². The van der Waals surface area contributed by atoms with Crippen molar-refractivity contribution in [3.63, 3.8) is 0 Å². The van der Waals surface area contributed by atoms with Crippen molar-refractivity contribution in [3.05, 3.63) is 12.3 Å². The van der Waals surface area contributed by atoms with Crippen molar-refractivity contribution < 1.29 is 19.7 Å². The van der Waals surface area contributed by atoms with E-state index in [0.29, 0.717) is 0 Å². The summed E-state index contributed by atoms with van der Waals surface area (Å²) >= 11 is 0. The average molecular weight is 186 g/mol. The van der Waals surface area contributed by atoms with Gasteiger partial charge in [0.25, 0.3) is 0 Å². The third-order valence-electron chi connectivity index (χ3n) is 2.14. The second kappa shape index (κ2) is 4.39. The summed E-state index contributed by atoms with van der Waals surface area (Å²) in [5.41, 5.74) is 0. The fourth-order valence-corrected chi connectivity index (χ4v) is 1.40. The molecule has 4 heteroatoms. The number of hydrogen-bond donors (Lipinski definition) is 2. The van der Waals surface area contributed by atoms with E-state index in [-0.39, 0.29) is 18.9 Å². The molecule has 1 aliphatic rings. The van der Waals surface area contributed by atoms with Crippen LogP contribution in [0.1, 0.15) is 13.3 Å². The van der Waals surface area contributed by atoms with E-state index < -0.39 is 18.0 Å². The van der Waals surface area contributed by atoms with E-state index in [1.54, 1.807) is 6.08 Å². The lowest BCUT2D eigenvalue weighted by molar-refractivity contribution is -0.131. The Morgan fingerprint density at radius 1 is 1.62 bits per heavy atom. The smallest absolute Gasteiger partial charge is 0.190 e. The summed E-state index contributed by atoms with van der Waals surface area (Å²) in [7, 11) is 0. The standard InChI is InChI=1S/C9H14O4/c1-2-3-13-5-6-4-7(10)9(12)8(6)11/h2-3,6-8,10-11H,4-5H2,1H3/b3-2+. The molecule has 13 heavy (non-hydrogen) atoms. The molecule has 1 fully saturated rings. The van der Waals surface area contributed by atoms with Crippen molar-refractivity contribution >= 4 is 5.78 Å². The van der Waals surface area contributed by atoms with Crippen LogP contribution in [0.15, 0.2) is 12.3 Å². The number of rotatable bonds is 3. The Hall–Kier alpha value is -0.870. The van der Waals surface area contributed by atoms with Crippen LogP contribution >= 0.6 is 0 Å². The molecule has 0 saturated heterocycles. The predicted octanol–water partition coefficient (Wildman–Crippen LogP) is -0.153. The van der Waals surface area contributed by atoms with E-state index in [1.165, 1.54) is 6.26 Å². The molecule has 74 valence electrons. The largest absolute Gasteiger partial charge is 0.501 e. The van der Waals surface area contributed by atoms with Crippen molar-refractivity contribution in [2.75, 3.05) is 6.61 Å². The van der Waals surface area contributed by atoms with Crippen molar-refractivity contribution in [1.29, 1.82) is 0 Å². The van der Waals surface area contributed by atoms with Gasteiger partial charge in [-0.3, -0.25) is 4.79 Å². The maximum Gasteiger partial charge on any atom is 0.190 e. The Bertz CT molecular complexity index is 212. The van der Waals surface area contributed by atoms with Crippen LogP contribution in [0, 0.1) is 5.92 Å². The summed E-state index contributed by atoms with van der Waals surface area (Å²) in [5, 5.41) is 18.4. The first kappa shape index (κ1) is 10.2. The molecule has 0 bridgehead atoms. The van der Waals surface area contributed by atoms with Crippen LogP contribution in [-0.4, -0.2) is 34.8 Å². The van der Waals surface area contributed by atoms with Crippen LogP contribution in [-0.2, 0) is 9.53 Å². The highest BCUT2D eigenvalue weighted by molar-refractivity contribution is 5.89. The van der Waals surface area contributed by atoms with Gasteiger partial charge in [0.2, 0.25) is 0 Å². The predicted molar refractivity (Wildman–Crippen MR) is 45.9 cm³/mol. The molecular formula is C9H14O4. The highest BCUT2D eigenvalue weighted by atomic mass is 16.5. The average Bonchev–Trinajstić information content (AvgIpc) is 2.34. The van der Waals surface area contributed by atoms with Crippen LogP contribution in [0.3, 0.4) is 0 Å². The molecule has 1 rings (SSSR count). The Morgan fingerprint density at radius 3 is 2.77 bits per heavy atom. The summed E-state index contributed by atoms with van der Waals surface area (Å²) < 4.78 is 5.03. The quantitative estimate of drug-likeness (QED) is 0.601. The maximum atomic E-state index is 11.0. The molecule has 0 aliphatic heterocycles. The molecule has 0 amide bonds. The molecule has 0 radical (unpaired) electrons. The molecule has 4 nitrogen and oxygen atoms in total. The highest BCUT2D eigenvalue weighted by Crippen LogP contribution is 2.23. The molecule has 0 spiro atoms. The van der Waals surface area contributed by atoms with Gasteiger partial charge in [-0.2, -0.15) is 0 Å². The summed E-state index contributed by atoms with van der Waals surface area (Å²) in [6.07, 6.45) is 1.42. The number of ketones is 1.